The average molecular weight is 293 g/mol. The molecule has 0 amide bonds. The largest absolute Gasteiger partial charge is 0.405 e. The minimum Gasteiger partial charge on any atom is -0.344 e. The van der Waals surface area contributed by atoms with Crippen molar-refractivity contribution >= 4 is 28.5 Å². The van der Waals surface area contributed by atoms with Crippen LogP contribution in [0.1, 0.15) is 0 Å². The van der Waals surface area contributed by atoms with Crippen LogP contribution in [0.4, 0.5) is 19.0 Å². The highest BCUT2D eigenvalue weighted by atomic mass is 35.5. The summed E-state index contributed by atoms with van der Waals surface area (Å²) in [5, 5.41) is 0. The van der Waals surface area contributed by atoms with Gasteiger partial charge in [0.1, 0.15) is 12.1 Å². The maximum Gasteiger partial charge on any atom is 0.405 e. The van der Waals surface area contributed by atoms with E-state index in [1.165, 1.54) is 6.20 Å². The van der Waals surface area contributed by atoms with Crippen molar-refractivity contribution in [1.29, 1.82) is 0 Å². The van der Waals surface area contributed by atoms with Crippen LogP contribution in [0, 0.1) is 0 Å². The third-order valence-corrected chi connectivity index (χ3v) is 2.82. The van der Waals surface area contributed by atoms with Gasteiger partial charge in [0.15, 0.2) is 5.82 Å². The SMILES string of the molecule is Cn1cnc2c(N(CCCl)CC(F)(F)F)nccc21. The fourth-order valence-corrected chi connectivity index (χ4v) is 2.06. The Balaban J connectivity index is 2.44. The van der Waals surface area contributed by atoms with Gasteiger partial charge in [0.2, 0.25) is 0 Å². The van der Waals surface area contributed by atoms with E-state index < -0.39 is 12.7 Å². The Morgan fingerprint density at radius 1 is 1.37 bits per heavy atom. The number of aryl methyl sites for hydroxylation is 1. The van der Waals surface area contributed by atoms with Gasteiger partial charge in [0, 0.05) is 25.7 Å². The van der Waals surface area contributed by atoms with E-state index in [1.807, 2.05) is 0 Å². The molecular formula is C11H12ClF3N4. The fourth-order valence-electron chi connectivity index (χ4n) is 1.86. The summed E-state index contributed by atoms with van der Waals surface area (Å²) in [4.78, 5) is 9.21. The van der Waals surface area contributed by atoms with Gasteiger partial charge in [-0.25, -0.2) is 9.97 Å². The van der Waals surface area contributed by atoms with Gasteiger partial charge < -0.3 is 9.47 Å². The number of hydrogen-bond donors (Lipinski definition) is 0. The van der Waals surface area contributed by atoms with Crippen molar-refractivity contribution in [3.8, 4) is 0 Å². The summed E-state index contributed by atoms with van der Waals surface area (Å²) < 4.78 is 39.5. The summed E-state index contributed by atoms with van der Waals surface area (Å²) >= 11 is 5.57. The summed E-state index contributed by atoms with van der Waals surface area (Å²) in [6.07, 6.45) is -1.30. The second kappa shape index (κ2) is 5.24. The molecular weight excluding hydrogens is 281 g/mol. The molecule has 8 heteroatoms. The molecule has 2 rings (SSSR count). The summed E-state index contributed by atoms with van der Waals surface area (Å²) in [7, 11) is 1.77. The molecule has 0 spiro atoms. The number of nitrogens with zero attached hydrogens (tertiary/aromatic N) is 4. The molecule has 19 heavy (non-hydrogen) atoms. The Hall–Kier alpha value is -1.50. The van der Waals surface area contributed by atoms with Gasteiger partial charge in [0.05, 0.1) is 11.8 Å². The lowest BCUT2D eigenvalue weighted by Gasteiger charge is -2.24. The standard InChI is InChI=1S/C11H12ClF3N4/c1-18-7-17-9-8(18)2-4-16-10(9)19(5-3-12)6-11(13,14)15/h2,4,7H,3,5-6H2,1H3. The number of aromatic nitrogens is 3. The van der Waals surface area contributed by atoms with Gasteiger partial charge in [0.25, 0.3) is 0 Å². The van der Waals surface area contributed by atoms with E-state index in [-0.39, 0.29) is 18.2 Å². The molecule has 0 aromatic carbocycles. The van der Waals surface area contributed by atoms with Crippen molar-refractivity contribution in [2.45, 2.75) is 6.18 Å². The first-order valence-electron chi connectivity index (χ1n) is 5.56. The molecule has 2 aromatic rings. The quantitative estimate of drug-likeness (QED) is 0.812. The highest BCUT2D eigenvalue weighted by Gasteiger charge is 2.32. The molecule has 0 fully saturated rings. The molecule has 4 nitrogen and oxygen atoms in total. The number of fused-ring (bicyclic) bond motifs is 1. The van der Waals surface area contributed by atoms with Crippen LogP contribution >= 0.6 is 11.6 Å². The highest BCUT2D eigenvalue weighted by molar-refractivity contribution is 6.18. The van der Waals surface area contributed by atoms with Crippen LogP contribution in [0.3, 0.4) is 0 Å². The monoisotopic (exact) mass is 292 g/mol. The van der Waals surface area contributed by atoms with E-state index in [4.69, 9.17) is 11.6 Å². The molecule has 2 aromatic heterocycles. The average Bonchev–Trinajstić information content (AvgIpc) is 2.69. The lowest BCUT2D eigenvalue weighted by molar-refractivity contribution is -0.119. The van der Waals surface area contributed by atoms with Crippen molar-refractivity contribution in [3.05, 3.63) is 18.6 Å². The van der Waals surface area contributed by atoms with Gasteiger partial charge in [-0.1, -0.05) is 0 Å². The zero-order valence-corrected chi connectivity index (χ0v) is 10.9. The molecule has 0 aliphatic carbocycles. The Morgan fingerprint density at radius 2 is 2.11 bits per heavy atom. The summed E-state index contributed by atoms with van der Waals surface area (Å²) in [5.41, 5.74) is 1.17. The van der Waals surface area contributed by atoms with Crippen LogP contribution < -0.4 is 4.90 Å². The minimum atomic E-state index is -4.31. The normalized spacial score (nSPS) is 12.1. The van der Waals surface area contributed by atoms with Gasteiger partial charge in [-0.3, -0.25) is 0 Å². The molecule has 0 unspecified atom stereocenters. The third-order valence-electron chi connectivity index (χ3n) is 2.65. The fraction of sp³-hybridized carbons (Fsp3) is 0.455. The molecule has 0 aliphatic heterocycles. The Morgan fingerprint density at radius 3 is 2.74 bits per heavy atom. The predicted octanol–water partition coefficient (Wildman–Crippen LogP) is 2.58. The van der Waals surface area contributed by atoms with E-state index in [0.29, 0.717) is 5.52 Å². The topological polar surface area (TPSA) is 34.0 Å². The summed E-state index contributed by atoms with van der Waals surface area (Å²) in [6.45, 7) is -1.04. The first-order chi connectivity index (χ1) is 8.92. The molecule has 0 atom stereocenters. The molecule has 0 aliphatic rings. The van der Waals surface area contributed by atoms with E-state index in [0.717, 1.165) is 10.4 Å². The van der Waals surface area contributed by atoms with Crippen LogP contribution in [0.25, 0.3) is 11.0 Å². The van der Waals surface area contributed by atoms with Gasteiger partial charge >= 0.3 is 6.18 Å². The van der Waals surface area contributed by atoms with E-state index in [1.54, 1.807) is 24.0 Å². The molecule has 104 valence electrons. The smallest absolute Gasteiger partial charge is 0.344 e. The van der Waals surface area contributed by atoms with Crippen LogP contribution in [0.2, 0.25) is 0 Å². The maximum absolute atomic E-state index is 12.6. The molecule has 2 heterocycles. The minimum absolute atomic E-state index is 0.0593. The zero-order valence-electron chi connectivity index (χ0n) is 10.2. The number of imidazole rings is 1. The third kappa shape index (κ3) is 3.09. The van der Waals surface area contributed by atoms with E-state index in [9.17, 15) is 13.2 Å². The number of alkyl halides is 4. The van der Waals surface area contributed by atoms with Crippen molar-refractivity contribution in [3.63, 3.8) is 0 Å². The van der Waals surface area contributed by atoms with Crippen molar-refractivity contribution in [2.24, 2.45) is 7.05 Å². The van der Waals surface area contributed by atoms with Crippen molar-refractivity contribution < 1.29 is 13.2 Å². The summed E-state index contributed by atoms with van der Waals surface area (Å²) in [6, 6.07) is 1.71. The second-order valence-corrected chi connectivity index (χ2v) is 4.46. The molecule has 0 saturated carbocycles. The number of pyridine rings is 1. The molecule has 0 saturated heterocycles. The number of halogens is 4. The lowest BCUT2D eigenvalue weighted by atomic mass is 10.3. The van der Waals surface area contributed by atoms with Gasteiger partial charge in [-0.05, 0) is 6.07 Å². The Kier molecular flexibility index (Phi) is 3.84. The number of hydrogen-bond acceptors (Lipinski definition) is 3. The lowest BCUT2D eigenvalue weighted by Crippen LogP contribution is -2.36. The van der Waals surface area contributed by atoms with Crippen molar-refractivity contribution in [2.75, 3.05) is 23.9 Å². The Bertz CT molecular complexity index is 567. The van der Waals surface area contributed by atoms with Gasteiger partial charge in [-0.15, -0.1) is 11.6 Å². The second-order valence-electron chi connectivity index (χ2n) is 4.08. The highest BCUT2D eigenvalue weighted by Crippen LogP contribution is 2.26. The van der Waals surface area contributed by atoms with Crippen LogP contribution in [0.15, 0.2) is 18.6 Å². The maximum atomic E-state index is 12.6. The van der Waals surface area contributed by atoms with Crippen LogP contribution in [-0.2, 0) is 7.05 Å². The van der Waals surface area contributed by atoms with Crippen LogP contribution in [0.5, 0.6) is 0 Å². The number of rotatable bonds is 4. The molecule has 0 radical (unpaired) electrons. The first-order valence-corrected chi connectivity index (χ1v) is 6.09. The van der Waals surface area contributed by atoms with E-state index >= 15 is 0 Å². The molecule has 0 bridgehead atoms. The summed E-state index contributed by atoms with van der Waals surface area (Å²) in [5.74, 6) is 0.289. The van der Waals surface area contributed by atoms with Crippen LogP contribution in [-0.4, -0.2) is 39.7 Å². The predicted molar refractivity (Wildman–Crippen MR) is 67.5 cm³/mol. The Labute approximate surface area is 112 Å². The number of anilines is 1. The van der Waals surface area contributed by atoms with Gasteiger partial charge in [-0.2, -0.15) is 13.2 Å². The first kappa shape index (κ1) is 13.9. The van der Waals surface area contributed by atoms with Crippen molar-refractivity contribution in [1.82, 2.24) is 14.5 Å². The zero-order chi connectivity index (χ0) is 14.0. The molecule has 0 N–H and O–H groups in total. The van der Waals surface area contributed by atoms with E-state index in [2.05, 4.69) is 9.97 Å².